The molecule has 3 heterocycles. The number of hydrogen-bond donors (Lipinski definition) is 0. The standard InChI is InChI=1S/C29H35N5O2/c1-36-26-9-7-24(8-10-26)27-21-28(31-22-30-27)33-15-12-25(13-16-33)29(35)34-19-17-32(18-20-34)14-11-23-5-3-2-4-6-23/h2-10,21-22,25H,11-20H2,1H3. The Morgan fingerprint density at radius 2 is 1.64 bits per heavy atom. The Hall–Kier alpha value is -3.45. The Morgan fingerprint density at radius 1 is 0.917 bits per heavy atom. The second-order valence-electron chi connectivity index (χ2n) is 9.65. The molecule has 0 saturated carbocycles. The van der Waals surface area contributed by atoms with Gasteiger partial charge in [-0.15, -0.1) is 0 Å². The molecule has 7 nitrogen and oxygen atoms in total. The summed E-state index contributed by atoms with van der Waals surface area (Å²) in [6, 6.07) is 20.6. The molecular formula is C29H35N5O2. The van der Waals surface area contributed by atoms with Gasteiger partial charge in [0.15, 0.2) is 0 Å². The first-order valence-electron chi connectivity index (χ1n) is 13.0. The lowest BCUT2D eigenvalue weighted by atomic mass is 9.95. The molecule has 2 aliphatic rings. The van der Waals surface area contributed by atoms with Crippen molar-refractivity contribution in [3.8, 4) is 17.0 Å². The number of carbonyl (C=O) groups excluding carboxylic acids is 1. The third-order valence-corrected chi connectivity index (χ3v) is 7.45. The van der Waals surface area contributed by atoms with E-state index < -0.39 is 0 Å². The first-order chi connectivity index (χ1) is 17.7. The molecule has 2 aromatic carbocycles. The van der Waals surface area contributed by atoms with Gasteiger partial charge in [0.25, 0.3) is 0 Å². The predicted octanol–water partition coefficient (Wildman–Crippen LogP) is 3.76. The Kier molecular flexibility index (Phi) is 7.76. The Morgan fingerprint density at radius 3 is 2.33 bits per heavy atom. The van der Waals surface area contributed by atoms with Crippen molar-refractivity contribution >= 4 is 11.7 Å². The van der Waals surface area contributed by atoms with Crippen molar-refractivity contribution in [2.75, 3.05) is 57.8 Å². The van der Waals surface area contributed by atoms with Crippen LogP contribution in [-0.4, -0.2) is 78.6 Å². The van der Waals surface area contributed by atoms with Crippen LogP contribution < -0.4 is 9.64 Å². The van der Waals surface area contributed by atoms with Crippen LogP contribution in [0.15, 0.2) is 67.0 Å². The number of methoxy groups -OCH3 is 1. The smallest absolute Gasteiger partial charge is 0.225 e. The molecule has 0 radical (unpaired) electrons. The van der Waals surface area contributed by atoms with E-state index in [2.05, 4.69) is 55.0 Å². The maximum atomic E-state index is 13.2. The monoisotopic (exact) mass is 485 g/mol. The number of piperidine rings is 1. The molecule has 5 rings (SSSR count). The van der Waals surface area contributed by atoms with Crippen LogP contribution in [0.1, 0.15) is 18.4 Å². The van der Waals surface area contributed by atoms with Crippen LogP contribution in [0.3, 0.4) is 0 Å². The molecule has 1 aromatic heterocycles. The topological polar surface area (TPSA) is 61.8 Å². The van der Waals surface area contributed by atoms with Gasteiger partial charge in [-0.05, 0) is 49.1 Å². The van der Waals surface area contributed by atoms with Gasteiger partial charge >= 0.3 is 0 Å². The van der Waals surface area contributed by atoms with Gasteiger partial charge in [-0.25, -0.2) is 9.97 Å². The number of carbonyl (C=O) groups is 1. The summed E-state index contributed by atoms with van der Waals surface area (Å²) in [7, 11) is 1.67. The molecular weight excluding hydrogens is 450 g/mol. The zero-order valence-corrected chi connectivity index (χ0v) is 21.1. The molecule has 0 atom stereocenters. The Bertz CT molecular complexity index is 1120. The van der Waals surface area contributed by atoms with Crippen molar-refractivity contribution in [3.63, 3.8) is 0 Å². The van der Waals surface area contributed by atoms with Crippen molar-refractivity contribution in [1.29, 1.82) is 0 Å². The van der Waals surface area contributed by atoms with E-state index in [0.717, 1.165) is 87.9 Å². The van der Waals surface area contributed by atoms with Crippen molar-refractivity contribution in [3.05, 3.63) is 72.6 Å². The first kappa shape index (κ1) is 24.3. The number of piperazine rings is 1. The van der Waals surface area contributed by atoms with Crippen LogP contribution >= 0.6 is 0 Å². The molecule has 3 aromatic rings. The minimum Gasteiger partial charge on any atom is -0.497 e. The molecule has 0 bridgehead atoms. The SMILES string of the molecule is COc1ccc(-c2cc(N3CCC(C(=O)N4CCN(CCc5ccccc5)CC4)CC3)ncn2)cc1. The quantitative estimate of drug-likeness (QED) is 0.508. The highest BCUT2D eigenvalue weighted by Gasteiger charge is 2.30. The third-order valence-electron chi connectivity index (χ3n) is 7.45. The van der Waals surface area contributed by atoms with Crippen molar-refractivity contribution < 1.29 is 9.53 Å². The summed E-state index contributed by atoms with van der Waals surface area (Å²) < 4.78 is 5.26. The fraction of sp³-hybridized carbons (Fsp3) is 0.414. The van der Waals surface area contributed by atoms with Gasteiger partial charge in [0.1, 0.15) is 17.9 Å². The van der Waals surface area contributed by atoms with Gasteiger partial charge in [-0.2, -0.15) is 0 Å². The Labute approximate surface area is 213 Å². The number of ether oxygens (including phenoxy) is 1. The maximum Gasteiger partial charge on any atom is 0.225 e. The lowest BCUT2D eigenvalue weighted by Crippen LogP contribution is -2.52. The van der Waals surface area contributed by atoms with Gasteiger partial charge in [-0.1, -0.05) is 30.3 Å². The average Bonchev–Trinajstić information content (AvgIpc) is 2.97. The molecule has 0 aliphatic carbocycles. The van der Waals surface area contributed by atoms with Crippen LogP contribution in [0.4, 0.5) is 5.82 Å². The zero-order chi connectivity index (χ0) is 24.7. The van der Waals surface area contributed by atoms with Gasteiger partial charge in [-0.3, -0.25) is 9.69 Å². The number of anilines is 1. The number of nitrogens with zero attached hydrogens (tertiary/aromatic N) is 5. The normalized spacial score (nSPS) is 17.2. The molecule has 0 N–H and O–H groups in total. The van der Waals surface area contributed by atoms with Crippen LogP contribution in [0.25, 0.3) is 11.3 Å². The third kappa shape index (κ3) is 5.85. The minimum absolute atomic E-state index is 0.111. The predicted molar refractivity (Wildman–Crippen MR) is 142 cm³/mol. The molecule has 2 aliphatic heterocycles. The second kappa shape index (κ2) is 11.5. The second-order valence-corrected chi connectivity index (χ2v) is 9.65. The summed E-state index contributed by atoms with van der Waals surface area (Å²) >= 11 is 0. The van der Waals surface area contributed by atoms with Crippen molar-refractivity contribution in [1.82, 2.24) is 19.8 Å². The molecule has 2 saturated heterocycles. The van der Waals surface area contributed by atoms with E-state index in [1.165, 1.54) is 5.56 Å². The Balaban J connectivity index is 1.10. The molecule has 7 heteroatoms. The molecule has 0 spiro atoms. The lowest BCUT2D eigenvalue weighted by molar-refractivity contribution is -0.138. The number of rotatable bonds is 7. The summed E-state index contributed by atoms with van der Waals surface area (Å²) in [5, 5.41) is 0. The average molecular weight is 486 g/mol. The van der Waals surface area contributed by atoms with Gasteiger partial charge < -0.3 is 14.5 Å². The fourth-order valence-corrected chi connectivity index (χ4v) is 5.18. The van der Waals surface area contributed by atoms with Crippen LogP contribution in [0.2, 0.25) is 0 Å². The van der Waals surface area contributed by atoms with E-state index in [9.17, 15) is 4.79 Å². The largest absolute Gasteiger partial charge is 0.497 e. The maximum absolute atomic E-state index is 13.2. The molecule has 36 heavy (non-hydrogen) atoms. The summed E-state index contributed by atoms with van der Waals surface area (Å²) in [5.41, 5.74) is 3.31. The van der Waals surface area contributed by atoms with Crippen LogP contribution in [-0.2, 0) is 11.2 Å². The van der Waals surface area contributed by atoms with E-state index in [4.69, 9.17) is 4.74 Å². The lowest BCUT2D eigenvalue weighted by Gasteiger charge is -2.38. The first-order valence-corrected chi connectivity index (χ1v) is 13.0. The van der Waals surface area contributed by atoms with Gasteiger partial charge in [0.2, 0.25) is 5.91 Å². The number of aromatic nitrogens is 2. The van der Waals surface area contributed by atoms with E-state index >= 15 is 0 Å². The van der Waals surface area contributed by atoms with E-state index in [0.29, 0.717) is 5.91 Å². The summed E-state index contributed by atoms with van der Waals surface area (Å²) in [6.45, 7) is 6.34. The van der Waals surface area contributed by atoms with Gasteiger partial charge in [0, 0.05) is 63.4 Å². The zero-order valence-electron chi connectivity index (χ0n) is 21.1. The highest BCUT2D eigenvalue weighted by molar-refractivity contribution is 5.79. The number of hydrogen-bond acceptors (Lipinski definition) is 6. The fourth-order valence-electron chi connectivity index (χ4n) is 5.18. The molecule has 1 amide bonds. The van der Waals surface area contributed by atoms with E-state index in [1.807, 2.05) is 30.3 Å². The van der Waals surface area contributed by atoms with Crippen LogP contribution in [0.5, 0.6) is 5.75 Å². The van der Waals surface area contributed by atoms with Crippen molar-refractivity contribution in [2.45, 2.75) is 19.3 Å². The van der Waals surface area contributed by atoms with Crippen molar-refractivity contribution in [2.24, 2.45) is 5.92 Å². The molecule has 0 unspecified atom stereocenters. The highest BCUT2D eigenvalue weighted by Crippen LogP contribution is 2.27. The summed E-state index contributed by atoms with van der Waals surface area (Å²) in [6.07, 6.45) is 4.43. The molecule has 188 valence electrons. The number of benzene rings is 2. The molecule has 2 fully saturated rings. The summed E-state index contributed by atoms with van der Waals surface area (Å²) in [5.74, 6) is 2.20. The highest BCUT2D eigenvalue weighted by atomic mass is 16.5. The van der Waals surface area contributed by atoms with E-state index in [-0.39, 0.29) is 5.92 Å². The van der Waals surface area contributed by atoms with Crippen LogP contribution in [0, 0.1) is 5.92 Å². The summed E-state index contributed by atoms with van der Waals surface area (Å²) in [4.78, 5) is 29.1. The van der Waals surface area contributed by atoms with Gasteiger partial charge in [0.05, 0.1) is 12.8 Å². The van der Waals surface area contributed by atoms with E-state index in [1.54, 1.807) is 13.4 Å². The minimum atomic E-state index is 0.111. The number of amides is 1.